The van der Waals surface area contributed by atoms with Crippen LogP contribution in [0.3, 0.4) is 0 Å². The highest BCUT2D eigenvalue weighted by molar-refractivity contribution is 9.10. The van der Waals surface area contributed by atoms with Gasteiger partial charge in [0.1, 0.15) is 5.52 Å². The molecule has 0 bridgehead atoms. The van der Waals surface area contributed by atoms with Gasteiger partial charge in [-0.15, -0.1) is 0 Å². The molecule has 0 unspecified atom stereocenters. The summed E-state index contributed by atoms with van der Waals surface area (Å²) < 4.78 is 2.81. The molecule has 0 amide bonds. The number of fused-ring (bicyclic) bond motifs is 2. The number of nitrogen functional groups attached to an aromatic ring is 1. The van der Waals surface area contributed by atoms with Crippen LogP contribution in [0.25, 0.3) is 21.8 Å². The third-order valence-electron chi connectivity index (χ3n) is 3.73. The predicted octanol–water partition coefficient (Wildman–Crippen LogP) is 3.98. The Labute approximate surface area is 135 Å². The van der Waals surface area contributed by atoms with Crippen LogP contribution in [-0.4, -0.2) is 14.8 Å². The van der Waals surface area contributed by atoms with E-state index in [1.165, 1.54) is 16.3 Å². The van der Waals surface area contributed by atoms with Crippen molar-refractivity contribution >= 4 is 43.6 Å². The van der Waals surface area contributed by atoms with Crippen molar-refractivity contribution in [3.63, 3.8) is 0 Å². The standard InChI is InChI=1S/C17H13BrN4/c18-14-8-15-16(20-9-14)17(19)21-22(15)10-11-5-6-12-3-1-2-4-13(12)7-11/h1-9H,10H2,(H2,19,21). The van der Waals surface area contributed by atoms with Crippen LogP contribution in [0.2, 0.25) is 0 Å². The summed E-state index contributed by atoms with van der Waals surface area (Å²) in [7, 11) is 0. The molecule has 2 heterocycles. The minimum absolute atomic E-state index is 0.461. The van der Waals surface area contributed by atoms with Gasteiger partial charge in [0, 0.05) is 10.7 Å². The molecule has 0 aliphatic heterocycles. The van der Waals surface area contributed by atoms with Gasteiger partial charge in [0.2, 0.25) is 0 Å². The average Bonchev–Trinajstić information content (AvgIpc) is 2.83. The molecular formula is C17H13BrN4. The fraction of sp³-hybridized carbons (Fsp3) is 0.0588. The number of pyridine rings is 1. The predicted molar refractivity (Wildman–Crippen MR) is 92.7 cm³/mol. The first-order valence-electron chi connectivity index (χ1n) is 6.96. The van der Waals surface area contributed by atoms with Crippen LogP contribution >= 0.6 is 15.9 Å². The lowest BCUT2D eigenvalue weighted by Crippen LogP contribution is -2.02. The molecule has 22 heavy (non-hydrogen) atoms. The fourth-order valence-electron chi connectivity index (χ4n) is 2.68. The molecule has 108 valence electrons. The normalized spacial score (nSPS) is 11.3. The van der Waals surface area contributed by atoms with E-state index in [2.05, 4.69) is 62.4 Å². The van der Waals surface area contributed by atoms with Gasteiger partial charge in [-0.05, 0) is 44.4 Å². The number of anilines is 1. The zero-order valence-corrected chi connectivity index (χ0v) is 13.3. The van der Waals surface area contributed by atoms with Crippen molar-refractivity contribution in [1.82, 2.24) is 14.8 Å². The van der Waals surface area contributed by atoms with Crippen LogP contribution < -0.4 is 5.73 Å². The Morgan fingerprint density at radius 3 is 2.73 bits per heavy atom. The molecule has 0 aliphatic carbocycles. The first-order chi connectivity index (χ1) is 10.7. The second-order valence-electron chi connectivity index (χ2n) is 5.25. The summed E-state index contributed by atoms with van der Waals surface area (Å²) in [5.41, 5.74) is 8.82. The number of rotatable bonds is 2. The summed E-state index contributed by atoms with van der Waals surface area (Å²) in [5, 5.41) is 6.88. The minimum Gasteiger partial charge on any atom is -0.380 e. The van der Waals surface area contributed by atoms with Gasteiger partial charge in [-0.25, -0.2) is 4.98 Å². The Kier molecular flexibility index (Phi) is 3.08. The van der Waals surface area contributed by atoms with Crippen molar-refractivity contribution in [3.05, 3.63) is 64.8 Å². The fourth-order valence-corrected chi connectivity index (χ4v) is 3.00. The van der Waals surface area contributed by atoms with Gasteiger partial charge in [-0.1, -0.05) is 36.4 Å². The molecule has 2 aromatic carbocycles. The van der Waals surface area contributed by atoms with E-state index in [0.29, 0.717) is 12.4 Å². The van der Waals surface area contributed by atoms with E-state index in [9.17, 15) is 0 Å². The first-order valence-corrected chi connectivity index (χ1v) is 7.75. The largest absolute Gasteiger partial charge is 0.380 e. The maximum absolute atomic E-state index is 5.96. The summed E-state index contributed by atoms with van der Waals surface area (Å²) >= 11 is 3.45. The number of nitrogens with zero attached hydrogens (tertiary/aromatic N) is 3. The van der Waals surface area contributed by atoms with Crippen LogP contribution in [-0.2, 0) is 6.54 Å². The molecular weight excluding hydrogens is 340 g/mol. The minimum atomic E-state index is 0.461. The molecule has 0 fully saturated rings. The van der Waals surface area contributed by atoms with E-state index in [4.69, 9.17) is 5.73 Å². The zero-order valence-electron chi connectivity index (χ0n) is 11.7. The third kappa shape index (κ3) is 2.23. The summed E-state index contributed by atoms with van der Waals surface area (Å²) in [5.74, 6) is 0.461. The van der Waals surface area contributed by atoms with Gasteiger partial charge in [0.05, 0.1) is 12.1 Å². The summed E-state index contributed by atoms with van der Waals surface area (Å²) in [4.78, 5) is 4.34. The molecule has 0 radical (unpaired) electrons. The van der Waals surface area contributed by atoms with Crippen LogP contribution in [0.15, 0.2) is 59.2 Å². The van der Waals surface area contributed by atoms with Crippen molar-refractivity contribution in [2.24, 2.45) is 0 Å². The molecule has 0 saturated carbocycles. The summed E-state index contributed by atoms with van der Waals surface area (Å²) in [6.45, 7) is 0.663. The van der Waals surface area contributed by atoms with Gasteiger partial charge in [0.15, 0.2) is 5.82 Å². The lowest BCUT2D eigenvalue weighted by Gasteiger charge is -2.05. The van der Waals surface area contributed by atoms with Gasteiger partial charge in [-0.2, -0.15) is 5.10 Å². The molecule has 0 atom stereocenters. The van der Waals surface area contributed by atoms with Crippen LogP contribution in [0, 0.1) is 0 Å². The molecule has 2 N–H and O–H groups in total. The Hall–Kier alpha value is -2.40. The molecule has 4 aromatic rings. The summed E-state index contributed by atoms with van der Waals surface area (Å²) in [6.07, 6.45) is 1.74. The van der Waals surface area contributed by atoms with Gasteiger partial charge in [0.25, 0.3) is 0 Å². The highest BCUT2D eigenvalue weighted by atomic mass is 79.9. The quantitative estimate of drug-likeness (QED) is 0.593. The third-order valence-corrected chi connectivity index (χ3v) is 4.16. The van der Waals surface area contributed by atoms with Crippen molar-refractivity contribution in [1.29, 1.82) is 0 Å². The zero-order chi connectivity index (χ0) is 15.1. The molecule has 0 saturated heterocycles. The molecule has 5 heteroatoms. The molecule has 4 nitrogen and oxygen atoms in total. The molecule has 0 aliphatic rings. The van der Waals surface area contributed by atoms with Crippen molar-refractivity contribution in [3.8, 4) is 0 Å². The molecule has 2 aromatic heterocycles. The summed E-state index contributed by atoms with van der Waals surface area (Å²) in [6, 6.07) is 16.8. The number of halogens is 1. The van der Waals surface area contributed by atoms with Crippen molar-refractivity contribution in [2.45, 2.75) is 6.54 Å². The van der Waals surface area contributed by atoms with E-state index in [1.54, 1.807) is 6.20 Å². The molecule has 4 rings (SSSR count). The van der Waals surface area contributed by atoms with E-state index in [1.807, 2.05) is 16.8 Å². The van der Waals surface area contributed by atoms with E-state index in [-0.39, 0.29) is 0 Å². The topological polar surface area (TPSA) is 56.7 Å². The smallest absolute Gasteiger partial charge is 0.172 e. The maximum Gasteiger partial charge on any atom is 0.172 e. The Morgan fingerprint density at radius 2 is 1.86 bits per heavy atom. The second kappa shape index (κ2) is 5.10. The Morgan fingerprint density at radius 1 is 1.05 bits per heavy atom. The van der Waals surface area contributed by atoms with E-state index in [0.717, 1.165) is 15.5 Å². The van der Waals surface area contributed by atoms with Gasteiger partial charge < -0.3 is 5.73 Å². The highest BCUT2D eigenvalue weighted by Gasteiger charge is 2.10. The van der Waals surface area contributed by atoms with Crippen LogP contribution in [0.1, 0.15) is 5.56 Å². The maximum atomic E-state index is 5.96. The number of hydrogen-bond acceptors (Lipinski definition) is 3. The van der Waals surface area contributed by atoms with Crippen molar-refractivity contribution in [2.75, 3.05) is 5.73 Å². The second-order valence-corrected chi connectivity index (χ2v) is 6.16. The monoisotopic (exact) mass is 352 g/mol. The Bertz CT molecular complexity index is 990. The van der Waals surface area contributed by atoms with Gasteiger partial charge >= 0.3 is 0 Å². The lowest BCUT2D eigenvalue weighted by molar-refractivity contribution is 0.716. The molecule has 0 spiro atoms. The first kappa shape index (κ1) is 13.3. The number of aromatic nitrogens is 3. The Balaban J connectivity index is 1.80. The average molecular weight is 353 g/mol. The van der Waals surface area contributed by atoms with Crippen LogP contribution in [0.4, 0.5) is 5.82 Å². The van der Waals surface area contributed by atoms with E-state index >= 15 is 0 Å². The number of nitrogens with two attached hydrogens (primary N) is 1. The SMILES string of the molecule is Nc1nn(Cc2ccc3ccccc3c2)c2cc(Br)cnc12. The van der Waals surface area contributed by atoms with Gasteiger partial charge in [-0.3, -0.25) is 4.68 Å². The highest BCUT2D eigenvalue weighted by Crippen LogP contribution is 2.23. The van der Waals surface area contributed by atoms with Crippen molar-refractivity contribution < 1.29 is 0 Å². The van der Waals surface area contributed by atoms with E-state index < -0.39 is 0 Å². The number of benzene rings is 2. The lowest BCUT2D eigenvalue weighted by atomic mass is 10.1. The van der Waals surface area contributed by atoms with Crippen LogP contribution in [0.5, 0.6) is 0 Å². The number of hydrogen-bond donors (Lipinski definition) is 1.